The Morgan fingerprint density at radius 3 is 2.31 bits per heavy atom. The third-order valence-corrected chi connectivity index (χ3v) is 4.24. The van der Waals surface area contributed by atoms with Crippen LogP contribution < -0.4 is 0 Å². The summed E-state index contributed by atoms with van der Waals surface area (Å²) in [4.78, 5) is 35.0. The number of benzene rings is 2. The van der Waals surface area contributed by atoms with E-state index < -0.39 is 22.8 Å². The Bertz CT molecular complexity index is 884. The number of nitro benzene ring substituents is 1. The first-order chi connectivity index (χ1) is 12.3. The highest BCUT2D eigenvalue weighted by Gasteiger charge is 2.33. The summed E-state index contributed by atoms with van der Waals surface area (Å²) < 4.78 is 9.45. The maximum atomic E-state index is 12.4. The number of hydrogen-bond donors (Lipinski definition) is 0. The Morgan fingerprint density at radius 1 is 1.04 bits per heavy atom. The molecule has 0 fully saturated rings. The summed E-state index contributed by atoms with van der Waals surface area (Å²) in [6.45, 7) is 0. The van der Waals surface area contributed by atoms with Gasteiger partial charge in [0.25, 0.3) is 5.69 Å². The first kappa shape index (κ1) is 19.7. The van der Waals surface area contributed by atoms with Crippen molar-refractivity contribution in [2.24, 2.45) is 0 Å². The molecule has 2 aromatic carbocycles. The summed E-state index contributed by atoms with van der Waals surface area (Å²) in [5, 5.41) is 11.7. The van der Waals surface area contributed by atoms with E-state index in [4.69, 9.17) is 27.9 Å². The van der Waals surface area contributed by atoms with Crippen LogP contribution >= 0.6 is 23.2 Å². The predicted molar refractivity (Wildman–Crippen MR) is 94.8 cm³/mol. The quantitative estimate of drug-likeness (QED) is 0.429. The molecule has 0 radical (unpaired) electrons. The maximum absolute atomic E-state index is 12.4. The number of ether oxygens (including phenoxy) is 2. The van der Waals surface area contributed by atoms with Crippen molar-refractivity contribution >= 4 is 40.8 Å². The molecule has 2 rings (SSSR count). The van der Waals surface area contributed by atoms with Crippen LogP contribution in [0.25, 0.3) is 0 Å². The second-order valence-electron chi connectivity index (χ2n) is 5.14. The Labute approximate surface area is 158 Å². The SMILES string of the molecule is COC(=O)c1ccc(Cl)c(C(C(=O)OC)c2cc(Cl)ccc2[N+](=O)[O-])c1. The Kier molecular flexibility index (Phi) is 6.18. The fourth-order valence-electron chi connectivity index (χ4n) is 2.47. The minimum atomic E-state index is -1.25. The zero-order valence-corrected chi connectivity index (χ0v) is 15.2. The van der Waals surface area contributed by atoms with Gasteiger partial charge in [0.1, 0.15) is 5.92 Å². The van der Waals surface area contributed by atoms with E-state index in [-0.39, 0.29) is 32.4 Å². The van der Waals surface area contributed by atoms with E-state index in [1.165, 1.54) is 43.5 Å². The summed E-state index contributed by atoms with van der Waals surface area (Å²) in [6, 6.07) is 7.96. The first-order valence-corrected chi connectivity index (χ1v) is 7.95. The molecule has 9 heteroatoms. The largest absolute Gasteiger partial charge is 0.468 e. The van der Waals surface area contributed by atoms with E-state index in [1.807, 2.05) is 0 Å². The molecule has 136 valence electrons. The summed E-state index contributed by atoms with van der Waals surface area (Å²) in [5.41, 5.74) is -0.0418. The molecule has 26 heavy (non-hydrogen) atoms. The number of nitrogens with zero attached hydrogens (tertiary/aromatic N) is 1. The molecule has 0 spiro atoms. The lowest BCUT2D eigenvalue weighted by Crippen LogP contribution is -2.18. The Hall–Kier alpha value is -2.64. The summed E-state index contributed by atoms with van der Waals surface area (Å²) in [7, 11) is 2.35. The van der Waals surface area contributed by atoms with Crippen LogP contribution in [0.4, 0.5) is 5.69 Å². The van der Waals surface area contributed by atoms with E-state index in [2.05, 4.69) is 4.74 Å². The van der Waals surface area contributed by atoms with Gasteiger partial charge >= 0.3 is 11.9 Å². The van der Waals surface area contributed by atoms with Crippen molar-refractivity contribution in [3.63, 3.8) is 0 Å². The van der Waals surface area contributed by atoms with Gasteiger partial charge in [-0.1, -0.05) is 23.2 Å². The standard InChI is InChI=1S/C17H13Cl2NO6/c1-25-16(21)9-3-5-13(19)11(7-9)15(17(22)26-2)12-8-10(18)4-6-14(12)20(23)24/h3-8,15H,1-2H3. The van der Waals surface area contributed by atoms with Gasteiger partial charge in [-0.05, 0) is 35.9 Å². The van der Waals surface area contributed by atoms with Crippen LogP contribution in [0.2, 0.25) is 10.0 Å². The lowest BCUT2D eigenvalue weighted by molar-refractivity contribution is -0.385. The molecule has 0 aromatic heterocycles. The van der Waals surface area contributed by atoms with Gasteiger partial charge in [0.05, 0.1) is 30.3 Å². The third-order valence-electron chi connectivity index (χ3n) is 3.66. The molecular formula is C17H13Cl2NO6. The van der Waals surface area contributed by atoms with Crippen molar-refractivity contribution < 1.29 is 24.0 Å². The molecule has 0 N–H and O–H groups in total. The van der Waals surface area contributed by atoms with Crippen molar-refractivity contribution in [2.75, 3.05) is 14.2 Å². The van der Waals surface area contributed by atoms with Gasteiger partial charge in [0.15, 0.2) is 0 Å². The van der Waals surface area contributed by atoms with Gasteiger partial charge in [-0.2, -0.15) is 0 Å². The maximum Gasteiger partial charge on any atom is 0.337 e. The molecule has 0 aliphatic rings. The van der Waals surface area contributed by atoms with E-state index in [9.17, 15) is 19.7 Å². The summed E-state index contributed by atoms with van der Waals surface area (Å²) in [5.74, 6) is -2.69. The third kappa shape index (κ3) is 3.95. The van der Waals surface area contributed by atoms with Crippen LogP contribution in [0.15, 0.2) is 36.4 Å². The number of rotatable bonds is 5. The first-order valence-electron chi connectivity index (χ1n) is 7.19. The van der Waals surface area contributed by atoms with E-state index >= 15 is 0 Å². The summed E-state index contributed by atoms with van der Waals surface area (Å²) >= 11 is 12.2. The molecular weight excluding hydrogens is 385 g/mol. The van der Waals surface area contributed by atoms with Crippen molar-refractivity contribution in [3.05, 3.63) is 73.2 Å². The van der Waals surface area contributed by atoms with Crippen LogP contribution in [0, 0.1) is 10.1 Å². The zero-order valence-electron chi connectivity index (χ0n) is 13.7. The highest BCUT2D eigenvalue weighted by Crippen LogP contribution is 2.38. The minimum Gasteiger partial charge on any atom is -0.468 e. The molecule has 0 aliphatic heterocycles. The topological polar surface area (TPSA) is 95.7 Å². The molecule has 0 heterocycles. The van der Waals surface area contributed by atoms with Gasteiger partial charge in [0, 0.05) is 16.1 Å². The van der Waals surface area contributed by atoms with E-state index in [0.717, 1.165) is 7.11 Å². The van der Waals surface area contributed by atoms with Crippen LogP contribution in [-0.2, 0) is 14.3 Å². The van der Waals surface area contributed by atoms with Crippen LogP contribution in [-0.4, -0.2) is 31.1 Å². The highest BCUT2D eigenvalue weighted by atomic mass is 35.5. The van der Waals surface area contributed by atoms with Gasteiger partial charge in [-0.15, -0.1) is 0 Å². The van der Waals surface area contributed by atoms with E-state index in [0.29, 0.717) is 0 Å². The van der Waals surface area contributed by atoms with Gasteiger partial charge in [-0.25, -0.2) is 4.79 Å². The zero-order chi connectivity index (χ0) is 19.4. The molecule has 0 aliphatic carbocycles. The van der Waals surface area contributed by atoms with E-state index in [1.54, 1.807) is 0 Å². The summed E-state index contributed by atoms with van der Waals surface area (Å²) in [6.07, 6.45) is 0. The Morgan fingerprint density at radius 2 is 1.73 bits per heavy atom. The number of halogens is 2. The lowest BCUT2D eigenvalue weighted by Gasteiger charge is -2.18. The fraction of sp³-hybridized carbons (Fsp3) is 0.176. The number of carbonyl (C=O) groups is 2. The number of methoxy groups -OCH3 is 2. The normalized spacial score (nSPS) is 11.5. The fourth-order valence-corrected chi connectivity index (χ4v) is 2.88. The number of hydrogen-bond acceptors (Lipinski definition) is 6. The van der Waals surface area contributed by atoms with Gasteiger partial charge < -0.3 is 9.47 Å². The van der Waals surface area contributed by atoms with Crippen LogP contribution in [0.5, 0.6) is 0 Å². The van der Waals surface area contributed by atoms with Crippen LogP contribution in [0.1, 0.15) is 27.4 Å². The number of esters is 2. The Balaban J connectivity index is 2.76. The molecule has 7 nitrogen and oxygen atoms in total. The number of carbonyl (C=O) groups excluding carboxylic acids is 2. The van der Waals surface area contributed by atoms with Crippen molar-refractivity contribution in [1.82, 2.24) is 0 Å². The monoisotopic (exact) mass is 397 g/mol. The van der Waals surface area contributed by atoms with Crippen molar-refractivity contribution in [3.8, 4) is 0 Å². The van der Waals surface area contributed by atoms with Crippen molar-refractivity contribution in [2.45, 2.75) is 5.92 Å². The average molecular weight is 398 g/mol. The molecule has 0 saturated heterocycles. The molecule has 0 amide bonds. The average Bonchev–Trinajstić information content (AvgIpc) is 2.62. The van der Waals surface area contributed by atoms with Gasteiger partial charge in [0.2, 0.25) is 0 Å². The molecule has 2 aromatic rings. The lowest BCUT2D eigenvalue weighted by atomic mass is 9.89. The van der Waals surface area contributed by atoms with Crippen molar-refractivity contribution in [1.29, 1.82) is 0 Å². The molecule has 1 unspecified atom stereocenters. The minimum absolute atomic E-state index is 0.00161. The number of nitro groups is 1. The van der Waals surface area contributed by atoms with Gasteiger partial charge in [-0.3, -0.25) is 14.9 Å². The smallest absolute Gasteiger partial charge is 0.337 e. The second kappa shape index (κ2) is 8.16. The predicted octanol–water partition coefficient (Wildman–Crippen LogP) is 3.99. The molecule has 0 bridgehead atoms. The molecule has 0 saturated carbocycles. The second-order valence-corrected chi connectivity index (χ2v) is 5.99. The molecule has 1 atom stereocenters. The van der Waals surface area contributed by atoms with Crippen LogP contribution in [0.3, 0.4) is 0 Å². The highest BCUT2D eigenvalue weighted by molar-refractivity contribution is 6.32.